The summed E-state index contributed by atoms with van der Waals surface area (Å²) in [5.41, 5.74) is 0.380. The van der Waals surface area contributed by atoms with Crippen molar-refractivity contribution in [2.24, 2.45) is 0 Å². The fourth-order valence-electron chi connectivity index (χ4n) is 2.93. The van der Waals surface area contributed by atoms with Gasteiger partial charge in [-0.2, -0.15) is 13.2 Å². The van der Waals surface area contributed by atoms with Crippen molar-refractivity contribution in [3.8, 4) is 5.75 Å². The second kappa shape index (κ2) is 8.20. The van der Waals surface area contributed by atoms with E-state index < -0.39 is 11.7 Å². The Morgan fingerprint density at radius 1 is 0.933 bits per heavy atom. The Morgan fingerprint density at radius 3 is 2.40 bits per heavy atom. The van der Waals surface area contributed by atoms with Gasteiger partial charge in [-0.25, -0.2) is 0 Å². The van der Waals surface area contributed by atoms with Gasteiger partial charge in [-0.3, -0.25) is 4.79 Å². The SMILES string of the molecule is O=C(Nc1ccc(C(F)(F)F)cc1)c1cc(COc2ccc3ccccc3c2)cs1. The van der Waals surface area contributed by atoms with Gasteiger partial charge in [0.15, 0.2) is 0 Å². The fourth-order valence-corrected chi connectivity index (χ4v) is 3.72. The summed E-state index contributed by atoms with van der Waals surface area (Å²) in [5.74, 6) is 0.354. The van der Waals surface area contributed by atoms with Crippen LogP contribution in [0.5, 0.6) is 5.75 Å². The molecule has 0 fully saturated rings. The molecule has 1 heterocycles. The van der Waals surface area contributed by atoms with Gasteiger partial charge in [0.25, 0.3) is 5.91 Å². The Hall–Kier alpha value is -3.32. The van der Waals surface area contributed by atoms with Gasteiger partial charge in [0.1, 0.15) is 12.4 Å². The number of carbonyl (C=O) groups is 1. The minimum absolute atomic E-state index is 0.301. The molecule has 0 atom stereocenters. The van der Waals surface area contributed by atoms with Crippen LogP contribution in [0.1, 0.15) is 20.8 Å². The van der Waals surface area contributed by atoms with E-state index in [2.05, 4.69) is 5.32 Å². The van der Waals surface area contributed by atoms with Crippen molar-refractivity contribution in [1.29, 1.82) is 0 Å². The van der Waals surface area contributed by atoms with Crippen LogP contribution >= 0.6 is 11.3 Å². The lowest BCUT2D eigenvalue weighted by molar-refractivity contribution is -0.137. The molecule has 0 bridgehead atoms. The summed E-state index contributed by atoms with van der Waals surface area (Å²) >= 11 is 1.25. The lowest BCUT2D eigenvalue weighted by Crippen LogP contribution is -2.11. The number of amides is 1. The summed E-state index contributed by atoms with van der Waals surface area (Å²) in [4.78, 5) is 12.8. The van der Waals surface area contributed by atoms with Gasteiger partial charge in [0.2, 0.25) is 0 Å². The smallest absolute Gasteiger partial charge is 0.416 e. The van der Waals surface area contributed by atoms with Crippen molar-refractivity contribution >= 4 is 33.7 Å². The maximum absolute atomic E-state index is 12.6. The molecule has 0 spiro atoms. The highest BCUT2D eigenvalue weighted by Gasteiger charge is 2.30. The van der Waals surface area contributed by atoms with Crippen molar-refractivity contribution in [3.05, 3.63) is 94.2 Å². The van der Waals surface area contributed by atoms with Gasteiger partial charge < -0.3 is 10.1 Å². The average Bonchev–Trinajstić information content (AvgIpc) is 3.21. The summed E-state index contributed by atoms with van der Waals surface area (Å²) in [6.45, 7) is 0.308. The molecule has 3 aromatic carbocycles. The number of rotatable bonds is 5. The Bertz CT molecular complexity index is 1180. The number of carbonyl (C=O) groups excluding carboxylic acids is 1. The molecule has 1 aromatic heterocycles. The topological polar surface area (TPSA) is 38.3 Å². The maximum Gasteiger partial charge on any atom is 0.416 e. The first-order valence-corrected chi connectivity index (χ1v) is 9.94. The molecule has 30 heavy (non-hydrogen) atoms. The van der Waals surface area contributed by atoms with E-state index >= 15 is 0 Å². The first kappa shape index (κ1) is 20.0. The second-order valence-corrected chi connectivity index (χ2v) is 7.56. The number of hydrogen-bond donors (Lipinski definition) is 1. The summed E-state index contributed by atoms with van der Waals surface area (Å²) in [5, 5.41) is 6.64. The number of fused-ring (bicyclic) bond motifs is 1. The maximum atomic E-state index is 12.6. The van der Waals surface area contributed by atoms with Crippen molar-refractivity contribution in [2.75, 3.05) is 5.32 Å². The van der Waals surface area contributed by atoms with E-state index in [-0.39, 0.29) is 5.91 Å². The third kappa shape index (κ3) is 4.63. The number of thiophene rings is 1. The lowest BCUT2D eigenvalue weighted by Gasteiger charge is -2.08. The van der Waals surface area contributed by atoms with Gasteiger partial charge in [-0.15, -0.1) is 11.3 Å². The van der Waals surface area contributed by atoms with Crippen LogP contribution in [0.25, 0.3) is 10.8 Å². The Balaban J connectivity index is 1.37. The van der Waals surface area contributed by atoms with Crippen LogP contribution in [-0.4, -0.2) is 5.91 Å². The predicted molar refractivity (Wildman–Crippen MR) is 112 cm³/mol. The second-order valence-electron chi connectivity index (χ2n) is 6.65. The molecule has 0 aliphatic carbocycles. The average molecular weight is 427 g/mol. The van der Waals surface area contributed by atoms with E-state index in [1.165, 1.54) is 23.5 Å². The molecular weight excluding hydrogens is 411 g/mol. The minimum atomic E-state index is -4.41. The molecule has 7 heteroatoms. The van der Waals surface area contributed by atoms with E-state index in [4.69, 9.17) is 4.74 Å². The molecule has 152 valence electrons. The minimum Gasteiger partial charge on any atom is -0.489 e. The molecule has 0 saturated carbocycles. The van der Waals surface area contributed by atoms with Crippen molar-refractivity contribution < 1.29 is 22.7 Å². The molecular formula is C23H16F3NO2S. The first-order valence-electron chi connectivity index (χ1n) is 9.06. The zero-order valence-electron chi connectivity index (χ0n) is 15.6. The highest BCUT2D eigenvalue weighted by Crippen LogP contribution is 2.30. The van der Waals surface area contributed by atoms with Gasteiger partial charge in [-0.05, 0) is 58.6 Å². The van der Waals surface area contributed by atoms with E-state index in [0.29, 0.717) is 17.2 Å². The number of alkyl halides is 3. The Labute approximate surface area is 174 Å². The van der Waals surface area contributed by atoms with Crippen LogP contribution in [0.2, 0.25) is 0 Å². The molecule has 4 aromatic rings. The molecule has 3 nitrogen and oxygen atoms in total. The Morgan fingerprint density at radius 2 is 1.67 bits per heavy atom. The first-order chi connectivity index (χ1) is 14.4. The van der Waals surface area contributed by atoms with E-state index in [1.54, 1.807) is 6.07 Å². The molecule has 0 saturated heterocycles. The lowest BCUT2D eigenvalue weighted by atomic mass is 10.1. The van der Waals surface area contributed by atoms with Gasteiger partial charge in [-0.1, -0.05) is 30.3 Å². The number of ether oxygens (including phenoxy) is 1. The van der Waals surface area contributed by atoms with Crippen LogP contribution in [0.3, 0.4) is 0 Å². The molecule has 1 amide bonds. The number of anilines is 1. The van der Waals surface area contributed by atoms with E-state index in [0.717, 1.165) is 34.2 Å². The van der Waals surface area contributed by atoms with Gasteiger partial charge in [0, 0.05) is 11.3 Å². The third-order valence-electron chi connectivity index (χ3n) is 4.47. The molecule has 0 radical (unpaired) electrons. The van der Waals surface area contributed by atoms with Crippen molar-refractivity contribution in [2.45, 2.75) is 12.8 Å². The molecule has 1 N–H and O–H groups in total. The number of halogens is 3. The normalized spacial score (nSPS) is 11.4. The van der Waals surface area contributed by atoms with Crippen molar-refractivity contribution in [3.63, 3.8) is 0 Å². The molecule has 0 unspecified atom stereocenters. The molecule has 4 rings (SSSR count). The Kier molecular flexibility index (Phi) is 5.46. The number of nitrogens with one attached hydrogen (secondary N) is 1. The van der Waals surface area contributed by atoms with Crippen LogP contribution < -0.4 is 10.1 Å². The standard InChI is InChI=1S/C23H16F3NO2S/c24-23(25,26)18-6-8-19(9-7-18)27-22(28)21-11-15(14-30-21)13-29-20-10-5-16-3-1-2-4-17(16)12-20/h1-12,14H,13H2,(H,27,28). The zero-order valence-corrected chi connectivity index (χ0v) is 16.4. The summed E-state index contributed by atoms with van der Waals surface area (Å²) in [6, 6.07) is 19.9. The third-order valence-corrected chi connectivity index (χ3v) is 5.45. The molecule has 0 aliphatic heterocycles. The monoisotopic (exact) mass is 427 g/mol. The summed E-state index contributed by atoms with van der Waals surface area (Å²) in [6.07, 6.45) is -4.41. The highest BCUT2D eigenvalue weighted by molar-refractivity contribution is 7.12. The van der Waals surface area contributed by atoms with Crippen molar-refractivity contribution in [1.82, 2.24) is 0 Å². The van der Waals surface area contributed by atoms with Gasteiger partial charge >= 0.3 is 6.18 Å². The number of hydrogen-bond acceptors (Lipinski definition) is 3. The summed E-state index contributed by atoms with van der Waals surface area (Å²) < 4.78 is 43.7. The van der Waals surface area contributed by atoms with E-state index in [9.17, 15) is 18.0 Å². The molecule has 0 aliphatic rings. The summed E-state index contributed by atoms with van der Waals surface area (Å²) in [7, 11) is 0. The van der Waals surface area contributed by atoms with E-state index in [1.807, 2.05) is 47.8 Å². The van der Waals surface area contributed by atoms with Gasteiger partial charge in [0.05, 0.1) is 10.4 Å². The number of benzene rings is 3. The van der Waals surface area contributed by atoms with Crippen LogP contribution in [-0.2, 0) is 12.8 Å². The van der Waals surface area contributed by atoms with Crippen LogP contribution in [0, 0.1) is 0 Å². The fraction of sp³-hybridized carbons (Fsp3) is 0.0870. The highest BCUT2D eigenvalue weighted by atomic mass is 32.1. The zero-order chi connectivity index (χ0) is 21.1. The van der Waals surface area contributed by atoms with Crippen LogP contribution in [0.4, 0.5) is 18.9 Å². The quantitative estimate of drug-likeness (QED) is 0.383. The largest absolute Gasteiger partial charge is 0.489 e. The predicted octanol–water partition coefficient (Wildman–Crippen LogP) is 6.75. The van der Waals surface area contributed by atoms with Crippen LogP contribution in [0.15, 0.2) is 78.2 Å².